The maximum atomic E-state index is 12.2. The van der Waals surface area contributed by atoms with Gasteiger partial charge in [-0.05, 0) is 42.2 Å². The number of hydrogen-bond acceptors (Lipinski definition) is 4. The van der Waals surface area contributed by atoms with Crippen LogP contribution in [0.3, 0.4) is 0 Å². The summed E-state index contributed by atoms with van der Waals surface area (Å²) in [6.45, 7) is 8.03. The van der Waals surface area contributed by atoms with E-state index in [0.29, 0.717) is 17.1 Å². The van der Waals surface area contributed by atoms with Crippen molar-refractivity contribution >= 4 is 23.3 Å². The molecule has 0 fully saturated rings. The summed E-state index contributed by atoms with van der Waals surface area (Å²) in [4.78, 5) is 28.1. The molecule has 26 heavy (non-hydrogen) atoms. The molecule has 6 nitrogen and oxygen atoms in total. The molecular formula is C20H24N4O2. The Hall–Kier alpha value is -3.02. The van der Waals surface area contributed by atoms with Gasteiger partial charge in [0.15, 0.2) is 0 Å². The zero-order valence-corrected chi connectivity index (χ0v) is 15.5. The summed E-state index contributed by atoms with van der Waals surface area (Å²) in [7, 11) is 0. The van der Waals surface area contributed by atoms with Crippen molar-refractivity contribution < 1.29 is 9.59 Å². The second kappa shape index (κ2) is 8.38. The molecule has 2 N–H and O–H groups in total. The molecule has 0 atom stereocenters. The Morgan fingerprint density at radius 3 is 2.35 bits per heavy atom. The highest BCUT2D eigenvalue weighted by Gasteiger charge is 2.14. The van der Waals surface area contributed by atoms with Crippen molar-refractivity contribution in [1.82, 2.24) is 10.4 Å². The molecule has 0 radical (unpaired) electrons. The number of nitrogens with zero attached hydrogens (tertiary/aromatic N) is 2. The monoisotopic (exact) mass is 352 g/mol. The van der Waals surface area contributed by atoms with E-state index in [4.69, 9.17) is 0 Å². The van der Waals surface area contributed by atoms with Crippen LogP contribution in [0.4, 0.5) is 5.82 Å². The first-order valence-corrected chi connectivity index (χ1v) is 8.40. The van der Waals surface area contributed by atoms with E-state index in [1.807, 2.05) is 12.1 Å². The Bertz CT molecular complexity index is 791. The fourth-order valence-corrected chi connectivity index (χ4v) is 2.23. The van der Waals surface area contributed by atoms with Gasteiger partial charge in [-0.3, -0.25) is 9.59 Å². The molecule has 136 valence electrons. The quantitative estimate of drug-likeness (QED) is 0.638. The van der Waals surface area contributed by atoms with E-state index in [9.17, 15) is 9.59 Å². The molecule has 0 aliphatic carbocycles. The van der Waals surface area contributed by atoms with Crippen LogP contribution in [0.2, 0.25) is 0 Å². The van der Waals surface area contributed by atoms with Crippen LogP contribution in [0.25, 0.3) is 0 Å². The third-order valence-corrected chi connectivity index (χ3v) is 3.71. The Morgan fingerprint density at radius 1 is 1.08 bits per heavy atom. The summed E-state index contributed by atoms with van der Waals surface area (Å²) in [5, 5.41) is 6.66. The van der Waals surface area contributed by atoms with Gasteiger partial charge in [-0.25, -0.2) is 10.4 Å². The summed E-state index contributed by atoms with van der Waals surface area (Å²) in [6, 6.07) is 12.7. The zero-order chi connectivity index (χ0) is 19.2. The minimum absolute atomic E-state index is 0.0325. The normalized spacial score (nSPS) is 11.8. The van der Waals surface area contributed by atoms with E-state index >= 15 is 0 Å². The van der Waals surface area contributed by atoms with E-state index in [1.54, 1.807) is 43.5 Å². The number of hydrazone groups is 1. The topological polar surface area (TPSA) is 83.4 Å². The first-order valence-electron chi connectivity index (χ1n) is 8.40. The molecule has 2 rings (SSSR count). The van der Waals surface area contributed by atoms with Gasteiger partial charge in [0.25, 0.3) is 5.91 Å². The van der Waals surface area contributed by atoms with Crippen LogP contribution in [-0.4, -0.2) is 22.5 Å². The Kier molecular flexibility index (Phi) is 6.22. The van der Waals surface area contributed by atoms with E-state index in [1.165, 1.54) is 0 Å². The average Bonchev–Trinajstić information content (AvgIpc) is 2.59. The third kappa shape index (κ3) is 5.81. The Labute approximate surface area is 153 Å². The number of carbonyl (C=O) groups excluding carboxylic acids is 2. The van der Waals surface area contributed by atoms with Crippen molar-refractivity contribution in [2.24, 2.45) is 5.10 Å². The standard InChI is InChI=1S/C20H24N4O2/c1-14(13-18(25)22-17-7-5-6-12-21-17)23-24-19(26)15-8-10-16(11-9-15)20(2,3)4/h5-12H,13H2,1-4H3,(H,24,26)(H,21,22,25)/b23-14+. The lowest BCUT2D eigenvalue weighted by Gasteiger charge is -2.18. The smallest absolute Gasteiger partial charge is 0.271 e. The third-order valence-electron chi connectivity index (χ3n) is 3.71. The summed E-state index contributed by atoms with van der Waals surface area (Å²) < 4.78 is 0. The van der Waals surface area contributed by atoms with Crippen LogP contribution in [0, 0.1) is 0 Å². The molecule has 0 spiro atoms. The fraction of sp³-hybridized carbons (Fsp3) is 0.300. The highest BCUT2D eigenvalue weighted by Crippen LogP contribution is 2.22. The Balaban J connectivity index is 1.89. The number of benzene rings is 1. The molecule has 2 aromatic rings. The molecule has 1 aromatic heterocycles. The molecule has 0 aliphatic rings. The van der Waals surface area contributed by atoms with Gasteiger partial charge in [0.2, 0.25) is 5.91 Å². The van der Waals surface area contributed by atoms with Crippen LogP contribution < -0.4 is 10.7 Å². The molecule has 1 aromatic carbocycles. The van der Waals surface area contributed by atoms with E-state index < -0.39 is 0 Å². The van der Waals surface area contributed by atoms with Gasteiger partial charge in [-0.1, -0.05) is 39.0 Å². The highest BCUT2D eigenvalue weighted by molar-refractivity contribution is 6.05. The van der Waals surface area contributed by atoms with Gasteiger partial charge in [-0.15, -0.1) is 0 Å². The molecule has 0 aliphatic heterocycles. The van der Waals surface area contributed by atoms with Gasteiger partial charge in [0.1, 0.15) is 5.82 Å². The van der Waals surface area contributed by atoms with E-state index in [-0.39, 0.29) is 23.7 Å². The van der Waals surface area contributed by atoms with Gasteiger partial charge in [-0.2, -0.15) is 5.10 Å². The predicted molar refractivity (Wildman–Crippen MR) is 103 cm³/mol. The molecule has 0 unspecified atom stereocenters. The van der Waals surface area contributed by atoms with Gasteiger partial charge < -0.3 is 5.32 Å². The fourth-order valence-electron chi connectivity index (χ4n) is 2.23. The van der Waals surface area contributed by atoms with Crippen molar-refractivity contribution in [2.45, 2.75) is 39.5 Å². The van der Waals surface area contributed by atoms with Crippen molar-refractivity contribution in [1.29, 1.82) is 0 Å². The number of amides is 2. The number of nitrogens with one attached hydrogen (secondary N) is 2. The molecular weight excluding hydrogens is 328 g/mol. The van der Waals surface area contributed by atoms with E-state index in [0.717, 1.165) is 5.56 Å². The van der Waals surface area contributed by atoms with Crippen molar-refractivity contribution in [2.75, 3.05) is 5.32 Å². The number of anilines is 1. The summed E-state index contributed by atoms with van der Waals surface area (Å²) >= 11 is 0. The van der Waals surface area contributed by atoms with Gasteiger partial charge >= 0.3 is 0 Å². The zero-order valence-electron chi connectivity index (χ0n) is 15.5. The van der Waals surface area contributed by atoms with Gasteiger partial charge in [0, 0.05) is 17.5 Å². The molecule has 2 amide bonds. The number of pyridine rings is 1. The van der Waals surface area contributed by atoms with Crippen LogP contribution in [0.15, 0.2) is 53.8 Å². The lowest BCUT2D eigenvalue weighted by Crippen LogP contribution is -2.22. The van der Waals surface area contributed by atoms with E-state index in [2.05, 4.69) is 41.6 Å². The van der Waals surface area contributed by atoms with Crippen LogP contribution in [0.5, 0.6) is 0 Å². The minimum atomic E-state index is -0.310. The lowest BCUT2D eigenvalue weighted by molar-refractivity contribution is -0.115. The molecule has 0 saturated carbocycles. The van der Waals surface area contributed by atoms with Crippen molar-refractivity contribution in [3.63, 3.8) is 0 Å². The number of carbonyl (C=O) groups is 2. The molecule has 6 heteroatoms. The van der Waals surface area contributed by atoms with Crippen molar-refractivity contribution in [3.8, 4) is 0 Å². The van der Waals surface area contributed by atoms with Crippen LogP contribution >= 0.6 is 0 Å². The lowest BCUT2D eigenvalue weighted by atomic mass is 9.87. The maximum Gasteiger partial charge on any atom is 0.271 e. The summed E-state index contributed by atoms with van der Waals surface area (Å²) in [6.07, 6.45) is 1.67. The average molecular weight is 352 g/mol. The second-order valence-corrected chi connectivity index (χ2v) is 7.06. The number of aromatic nitrogens is 1. The molecule has 0 saturated heterocycles. The largest absolute Gasteiger partial charge is 0.310 e. The van der Waals surface area contributed by atoms with Crippen molar-refractivity contribution in [3.05, 3.63) is 59.8 Å². The maximum absolute atomic E-state index is 12.2. The minimum Gasteiger partial charge on any atom is -0.310 e. The SMILES string of the molecule is C/C(CC(=O)Nc1ccccn1)=N\NC(=O)c1ccc(C(C)(C)C)cc1. The first-order chi connectivity index (χ1) is 12.3. The summed E-state index contributed by atoms with van der Waals surface area (Å²) in [5.41, 5.74) is 4.68. The van der Waals surface area contributed by atoms with Crippen LogP contribution in [0.1, 0.15) is 50.0 Å². The highest BCUT2D eigenvalue weighted by atomic mass is 16.2. The second-order valence-electron chi connectivity index (χ2n) is 7.06. The predicted octanol–water partition coefficient (Wildman–Crippen LogP) is 3.51. The summed E-state index contributed by atoms with van der Waals surface area (Å²) in [5.74, 6) is -0.0723. The van der Waals surface area contributed by atoms with Gasteiger partial charge in [0.05, 0.1) is 6.42 Å². The Morgan fingerprint density at radius 2 is 1.77 bits per heavy atom. The molecule has 0 bridgehead atoms. The number of rotatable bonds is 5. The molecule has 1 heterocycles. The van der Waals surface area contributed by atoms with Crippen LogP contribution in [-0.2, 0) is 10.2 Å². The first kappa shape index (κ1) is 19.3. The number of hydrogen-bond donors (Lipinski definition) is 2.